The van der Waals surface area contributed by atoms with Crippen LogP contribution in [-0.2, 0) is 4.74 Å². The minimum Gasteiger partial charge on any atom is -0.465 e. The average molecular weight is 334 g/mol. The summed E-state index contributed by atoms with van der Waals surface area (Å²) in [6.45, 7) is 2.02. The molecule has 0 atom stereocenters. The van der Waals surface area contributed by atoms with E-state index in [0.29, 0.717) is 22.9 Å². The van der Waals surface area contributed by atoms with Crippen molar-refractivity contribution in [2.24, 2.45) is 0 Å². The first-order chi connectivity index (χ1) is 12.2. The highest BCUT2D eigenvalue weighted by molar-refractivity contribution is 5.96. The SMILES string of the molecule is COC(=O)c1ccccc1Nc1cc(Nc2ccccc2C)ncn1. The fourth-order valence-corrected chi connectivity index (χ4v) is 2.36. The summed E-state index contributed by atoms with van der Waals surface area (Å²) in [6.07, 6.45) is 1.46. The third-order valence-electron chi connectivity index (χ3n) is 3.67. The minimum atomic E-state index is -0.407. The largest absolute Gasteiger partial charge is 0.465 e. The van der Waals surface area contributed by atoms with Gasteiger partial charge in [-0.3, -0.25) is 0 Å². The summed E-state index contributed by atoms with van der Waals surface area (Å²) in [6, 6.07) is 16.8. The number of anilines is 4. The van der Waals surface area contributed by atoms with Gasteiger partial charge in [0.15, 0.2) is 0 Å². The quantitative estimate of drug-likeness (QED) is 0.685. The highest BCUT2D eigenvalue weighted by Gasteiger charge is 2.11. The second kappa shape index (κ2) is 7.44. The standard InChI is InChI=1S/C19H18N4O2/c1-13-7-3-5-9-15(13)22-17-11-18(21-12-20-17)23-16-10-6-4-8-14(16)19(24)25-2/h3-12H,1-2H3,(H2,20,21,22,23). The van der Waals surface area contributed by atoms with Crippen molar-refractivity contribution in [3.05, 3.63) is 72.1 Å². The topological polar surface area (TPSA) is 76.1 Å². The fraction of sp³-hybridized carbons (Fsp3) is 0.105. The lowest BCUT2D eigenvalue weighted by molar-refractivity contribution is 0.0602. The van der Waals surface area contributed by atoms with Gasteiger partial charge in [-0.05, 0) is 30.7 Å². The maximum atomic E-state index is 11.9. The van der Waals surface area contributed by atoms with E-state index >= 15 is 0 Å². The predicted octanol–water partition coefficient (Wildman–Crippen LogP) is 4.06. The Balaban J connectivity index is 1.84. The third kappa shape index (κ3) is 3.92. The van der Waals surface area contributed by atoms with Crippen molar-refractivity contribution in [3.63, 3.8) is 0 Å². The molecule has 0 amide bonds. The van der Waals surface area contributed by atoms with Crippen LogP contribution in [0.1, 0.15) is 15.9 Å². The lowest BCUT2D eigenvalue weighted by atomic mass is 10.2. The highest BCUT2D eigenvalue weighted by Crippen LogP contribution is 2.23. The van der Waals surface area contributed by atoms with Crippen molar-refractivity contribution >= 4 is 29.0 Å². The van der Waals surface area contributed by atoms with Crippen molar-refractivity contribution in [1.29, 1.82) is 0 Å². The molecule has 2 aromatic carbocycles. The average Bonchev–Trinajstić information content (AvgIpc) is 2.64. The Morgan fingerprint density at radius 3 is 2.20 bits per heavy atom. The van der Waals surface area contributed by atoms with E-state index in [1.54, 1.807) is 24.3 Å². The van der Waals surface area contributed by atoms with Crippen LogP contribution in [-0.4, -0.2) is 23.0 Å². The van der Waals surface area contributed by atoms with Gasteiger partial charge in [-0.25, -0.2) is 14.8 Å². The number of carbonyl (C=O) groups is 1. The van der Waals surface area contributed by atoms with Gasteiger partial charge in [-0.15, -0.1) is 0 Å². The van der Waals surface area contributed by atoms with E-state index in [4.69, 9.17) is 4.74 Å². The molecule has 0 radical (unpaired) electrons. The molecule has 0 fully saturated rings. The van der Waals surface area contributed by atoms with E-state index in [0.717, 1.165) is 11.3 Å². The zero-order chi connectivity index (χ0) is 17.6. The summed E-state index contributed by atoms with van der Waals surface area (Å²) >= 11 is 0. The van der Waals surface area contributed by atoms with Crippen LogP contribution >= 0.6 is 0 Å². The number of hydrogen-bond acceptors (Lipinski definition) is 6. The summed E-state index contributed by atoms with van der Waals surface area (Å²) in [4.78, 5) is 20.3. The van der Waals surface area contributed by atoms with Crippen molar-refractivity contribution in [2.75, 3.05) is 17.7 Å². The first kappa shape index (κ1) is 16.4. The number of nitrogens with one attached hydrogen (secondary N) is 2. The molecule has 0 saturated carbocycles. The summed E-state index contributed by atoms with van der Waals surface area (Å²) in [5, 5.41) is 6.40. The van der Waals surface area contributed by atoms with Gasteiger partial charge in [0.2, 0.25) is 0 Å². The number of aryl methyl sites for hydroxylation is 1. The summed E-state index contributed by atoms with van der Waals surface area (Å²) in [5.41, 5.74) is 3.15. The molecule has 0 bridgehead atoms. The maximum Gasteiger partial charge on any atom is 0.339 e. The van der Waals surface area contributed by atoms with E-state index in [-0.39, 0.29) is 0 Å². The van der Waals surface area contributed by atoms with Crippen LogP contribution in [0.5, 0.6) is 0 Å². The second-order valence-electron chi connectivity index (χ2n) is 5.39. The first-order valence-electron chi connectivity index (χ1n) is 7.76. The molecule has 0 aliphatic rings. The number of para-hydroxylation sites is 2. The number of aromatic nitrogens is 2. The Hall–Kier alpha value is -3.41. The molecule has 3 rings (SSSR count). The summed E-state index contributed by atoms with van der Waals surface area (Å²) in [7, 11) is 1.36. The van der Waals surface area contributed by atoms with Gasteiger partial charge in [0.25, 0.3) is 0 Å². The molecular formula is C19H18N4O2. The lowest BCUT2D eigenvalue weighted by Gasteiger charge is -2.12. The summed E-state index contributed by atoms with van der Waals surface area (Å²) in [5.74, 6) is 0.820. The molecule has 0 aliphatic carbocycles. The van der Waals surface area contributed by atoms with Crippen molar-refractivity contribution in [3.8, 4) is 0 Å². The van der Waals surface area contributed by atoms with Crippen LogP contribution in [0.2, 0.25) is 0 Å². The number of methoxy groups -OCH3 is 1. The van der Waals surface area contributed by atoms with E-state index < -0.39 is 5.97 Å². The van der Waals surface area contributed by atoms with Crippen LogP contribution in [0, 0.1) is 6.92 Å². The number of esters is 1. The van der Waals surface area contributed by atoms with Crippen molar-refractivity contribution in [2.45, 2.75) is 6.92 Å². The van der Waals surface area contributed by atoms with Gasteiger partial charge in [-0.2, -0.15) is 0 Å². The highest BCUT2D eigenvalue weighted by atomic mass is 16.5. The maximum absolute atomic E-state index is 11.9. The van der Waals surface area contributed by atoms with Gasteiger partial charge in [0, 0.05) is 11.8 Å². The minimum absolute atomic E-state index is 0.407. The second-order valence-corrected chi connectivity index (χ2v) is 5.39. The zero-order valence-electron chi connectivity index (χ0n) is 14.0. The molecule has 0 saturated heterocycles. The molecule has 0 aliphatic heterocycles. The monoisotopic (exact) mass is 334 g/mol. The van der Waals surface area contributed by atoms with Gasteiger partial charge in [0.1, 0.15) is 18.0 Å². The fourth-order valence-electron chi connectivity index (χ4n) is 2.36. The third-order valence-corrected chi connectivity index (χ3v) is 3.67. The van der Waals surface area contributed by atoms with E-state index in [9.17, 15) is 4.79 Å². The molecule has 6 heteroatoms. The molecule has 1 heterocycles. The van der Waals surface area contributed by atoms with Crippen LogP contribution in [0.4, 0.5) is 23.0 Å². The molecule has 6 nitrogen and oxygen atoms in total. The van der Waals surface area contributed by atoms with Gasteiger partial charge < -0.3 is 15.4 Å². The molecule has 1 aromatic heterocycles. The van der Waals surface area contributed by atoms with E-state index in [2.05, 4.69) is 20.6 Å². The Bertz CT molecular complexity index is 896. The van der Waals surface area contributed by atoms with Gasteiger partial charge in [0.05, 0.1) is 18.4 Å². The first-order valence-corrected chi connectivity index (χ1v) is 7.76. The van der Waals surface area contributed by atoms with Crippen LogP contribution in [0.25, 0.3) is 0 Å². The number of ether oxygens (including phenoxy) is 1. The van der Waals surface area contributed by atoms with Crippen LogP contribution < -0.4 is 10.6 Å². The Labute approximate surface area is 145 Å². The van der Waals surface area contributed by atoms with Crippen LogP contribution in [0.15, 0.2) is 60.9 Å². The Morgan fingerprint density at radius 1 is 0.920 bits per heavy atom. The van der Waals surface area contributed by atoms with Crippen LogP contribution in [0.3, 0.4) is 0 Å². The van der Waals surface area contributed by atoms with Crippen molar-refractivity contribution < 1.29 is 9.53 Å². The Morgan fingerprint density at radius 2 is 1.52 bits per heavy atom. The lowest BCUT2D eigenvalue weighted by Crippen LogP contribution is -2.06. The molecule has 25 heavy (non-hydrogen) atoms. The van der Waals surface area contributed by atoms with Gasteiger partial charge in [-0.1, -0.05) is 30.3 Å². The molecule has 2 N–H and O–H groups in total. The molecule has 126 valence electrons. The molecular weight excluding hydrogens is 316 g/mol. The number of nitrogens with zero attached hydrogens (tertiary/aromatic N) is 2. The van der Waals surface area contributed by atoms with E-state index in [1.165, 1.54) is 13.4 Å². The van der Waals surface area contributed by atoms with E-state index in [1.807, 2.05) is 37.3 Å². The number of rotatable bonds is 5. The molecule has 0 unspecified atom stereocenters. The Kier molecular flexibility index (Phi) is 4.89. The summed E-state index contributed by atoms with van der Waals surface area (Å²) < 4.78 is 4.81. The predicted molar refractivity (Wildman–Crippen MR) is 97.6 cm³/mol. The number of hydrogen-bond donors (Lipinski definition) is 2. The normalized spacial score (nSPS) is 10.2. The van der Waals surface area contributed by atoms with Crippen molar-refractivity contribution in [1.82, 2.24) is 9.97 Å². The number of carbonyl (C=O) groups excluding carboxylic acids is 1. The molecule has 3 aromatic rings. The molecule has 0 spiro atoms. The smallest absolute Gasteiger partial charge is 0.339 e. The zero-order valence-corrected chi connectivity index (χ0v) is 14.0. The number of benzene rings is 2. The van der Waals surface area contributed by atoms with Gasteiger partial charge >= 0.3 is 5.97 Å².